The van der Waals surface area contributed by atoms with E-state index in [4.69, 9.17) is 9.57 Å². The van der Waals surface area contributed by atoms with Crippen molar-refractivity contribution in [3.05, 3.63) is 83.4 Å². The van der Waals surface area contributed by atoms with Crippen molar-refractivity contribution >= 4 is 11.7 Å². The van der Waals surface area contributed by atoms with Gasteiger partial charge in [0, 0.05) is 36.3 Å². The molecule has 0 radical (unpaired) electrons. The van der Waals surface area contributed by atoms with Gasteiger partial charge in [0.1, 0.15) is 12.3 Å². The second-order valence-corrected chi connectivity index (χ2v) is 6.29. The topological polar surface area (TPSA) is 51.1 Å². The van der Waals surface area contributed by atoms with Gasteiger partial charge in [0.15, 0.2) is 0 Å². The largest absolute Gasteiger partial charge is 0.466 e. The first-order valence-electron chi connectivity index (χ1n) is 9.08. The van der Waals surface area contributed by atoms with E-state index in [1.165, 1.54) is 7.11 Å². The molecular formula is C22H24N2O3. The standard InChI is InChI=1S/C22H24N2O3/c1-26-22(25)20-13-8-14-24(17-20)15-16-27-23-21(18-9-4-2-5-10-18)19-11-6-3-7-12-19/h2-7,9-13H,8,14-17H2,1H3. The molecule has 0 amide bonds. The van der Waals surface area contributed by atoms with Gasteiger partial charge in [-0.15, -0.1) is 0 Å². The van der Waals surface area contributed by atoms with Crippen molar-refractivity contribution < 1.29 is 14.4 Å². The Kier molecular flexibility index (Phi) is 6.77. The highest BCUT2D eigenvalue weighted by Gasteiger charge is 2.18. The minimum absolute atomic E-state index is 0.255. The van der Waals surface area contributed by atoms with E-state index >= 15 is 0 Å². The molecule has 27 heavy (non-hydrogen) atoms. The van der Waals surface area contributed by atoms with Crippen LogP contribution in [0.4, 0.5) is 0 Å². The monoisotopic (exact) mass is 364 g/mol. The predicted octanol–water partition coefficient (Wildman–Crippen LogP) is 3.26. The lowest BCUT2D eigenvalue weighted by molar-refractivity contribution is -0.136. The van der Waals surface area contributed by atoms with Gasteiger partial charge in [-0.3, -0.25) is 4.90 Å². The smallest absolute Gasteiger partial charge is 0.334 e. The van der Waals surface area contributed by atoms with Crippen LogP contribution in [0.1, 0.15) is 17.5 Å². The number of oxime groups is 1. The molecule has 2 aromatic rings. The fourth-order valence-electron chi connectivity index (χ4n) is 3.02. The van der Waals surface area contributed by atoms with Gasteiger partial charge in [-0.1, -0.05) is 71.9 Å². The predicted molar refractivity (Wildman–Crippen MR) is 106 cm³/mol. The zero-order chi connectivity index (χ0) is 18.9. The Labute approximate surface area is 159 Å². The van der Waals surface area contributed by atoms with Crippen LogP contribution >= 0.6 is 0 Å². The van der Waals surface area contributed by atoms with Crippen molar-refractivity contribution in [3.63, 3.8) is 0 Å². The second-order valence-electron chi connectivity index (χ2n) is 6.29. The molecule has 0 N–H and O–H groups in total. The molecule has 0 saturated heterocycles. The zero-order valence-corrected chi connectivity index (χ0v) is 15.5. The number of hydrogen-bond donors (Lipinski definition) is 0. The van der Waals surface area contributed by atoms with Gasteiger partial charge >= 0.3 is 5.97 Å². The summed E-state index contributed by atoms with van der Waals surface area (Å²) in [6, 6.07) is 20.0. The van der Waals surface area contributed by atoms with Crippen LogP contribution in [0, 0.1) is 0 Å². The molecule has 0 bridgehead atoms. The number of benzene rings is 2. The summed E-state index contributed by atoms with van der Waals surface area (Å²) in [6.07, 6.45) is 2.79. The summed E-state index contributed by atoms with van der Waals surface area (Å²) < 4.78 is 4.81. The number of ether oxygens (including phenoxy) is 1. The van der Waals surface area contributed by atoms with Crippen molar-refractivity contribution in [2.45, 2.75) is 6.42 Å². The Morgan fingerprint density at radius 2 is 1.67 bits per heavy atom. The highest BCUT2D eigenvalue weighted by molar-refractivity contribution is 6.12. The van der Waals surface area contributed by atoms with E-state index < -0.39 is 0 Å². The van der Waals surface area contributed by atoms with Gasteiger partial charge in [0.2, 0.25) is 0 Å². The summed E-state index contributed by atoms with van der Waals surface area (Å²) in [4.78, 5) is 19.5. The lowest BCUT2D eigenvalue weighted by Gasteiger charge is -2.25. The molecule has 0 atom stereocenters. The van der Waals surface area contributed by atoms with Crippen LogP contribution in [-0.2, 0) is 14.4 Å². The fourth-order valence-corrected chi connectivity index (χ4v) is 3.02. The maximum Gasteiger partial charge on any atom is 0.334 e. The first-order valence-corrected chi connectivity index (χ1v) is 9.08. The molecule has 0 spiro atoms. The fraction of sp³-hybridized carbons (Fsp3) is 0.273. The van der Waals surface area contributed by atoms with Gasteiger partial charge in [-0.2, -0.15) is 0 Å². The number of carbonyl (C=O) groups excluding carboxylic acids is 1. The molecule has 0 unspecified atom stereocenters. The van der Waals surface area contributed by atoms with Crippen molar-refractivity contribution in [2.75, 3.05) is 33.4 Å². The molecule has 1 aliphatic rings. The normalized spacial score (nSPS) is 14.2. The van der Waals surface area contributed by atoms with Crippen molar-refractivity contribution in [1.29, 1.82) is 0 Å². The molecule has 0 fully saturated rings. The van der Waals surface area contributed by atoms with E-state index in [0.29, 0.717) is 25.3 Å². The molecule has 3 rings (SSSR count). The Morgan fingerprint density at radius 3 is 2.26 bits per heavy atom. The van der Waals surface area contributed by atoms with Crippen LogP contribution in [0.25, 0.3) is 0 Å². The number of carbonyl (C=O) groups is 1. The summed E-state index contributed by atoms with van der Waals surface area (Å²) >= 11 is 0. The molecule has 5 nitrogen and oxygen atoms in total. The molecule has 0 aliphatic carbocycles. The van der Waals surface area contributed by atoms with Gasteiger partial charge in [-0.05, 0) is 6.42 Å². The van der Waals surface area contributed by atoms with Crippen molar-refractivity contribution in [3.8, 4) is 0 Å². The van der Waals surface area contributed by atoms with Gasteiger partial charge in [0.05, 0.1) is 7.11 Å². The van der Waals surface area contributed by atoms with Crippen LogP contribution in [0.3, 0.4) is 0 Å². The van der Waals surface area contributed by atoms with Gasteiger partial charge in [0.25, 0.3) is 0 Å². The number of hydrogen-bond acceptors (Lipinski definition) is 5. The number of esters is 1. The highest BCUT2D eigenvalue weighted by atomic mass is 16.6. The van der Waals surface area contributed by atoms with E-state index in [2.05, 4.69) is 10.1 Å². The van der Waals surface area contributed by atoms with Crippen LogP contribution in [-0.4, -0.2) is 49.9 Å². The van der Waals surface area contributed by atoms with E-state index in [1.54, 1.807) is 0 Å². The molecule has 1 heterocycles. The molecule has 0 aromatic heterocycles. The highest BCUT2D eigenvalue weighted by Crippen LogP contribution is 2.12. The minimum Gasteiger partial charge on any atom is -0.466 e. The number of nitrogens with zero attached hydrogens (tertiary/aromatic N) is 2. The van der Waals surface area contributed by atoms with Crippen LogP contribution < -0.4 is 0 Å². The SMILES string of the molecule is COC(=O)C1=CCCN(CCON=C(c2ccccc2)c2ccccc2)C1. The molecular weight excluding hydrogens is 340 g/mol. The average molecular weight is 364 g/mol. The van der Waals surface area contributed by atoms with Gasteiger partial charge < -0.3 is 9.57 Å². The third kappa shape index (κ3) is 5.28. The maximum absolute atomic E-state index is 11.7. The summed E-state index contributed by atoms with van der Waals surface area (Å²) in [7, 11) is 1.41. The molecule has 2 aromatic carbocycles. The third-order valence-corrected chi connectivity index (χ3v) is 4.43. The molecule has 140 valence electrons. The number of methoxy groups -OCH3 is 1. The Morgan fingerprint density at radius 1 is 1.04 bits per heavy atom. The summed E-state index contributed by atoms with van der Waals surface area (Å²) in [6.45, 7) is 2.65. The second kappa shape index (κ2) is 9.69. The lowest BCUT2D eigenvalue weighted by atomic mass is 10.0. The van der Waals surface area contributed by atoms with Gasteiger partial charge in [-0.25, -0.2) is 4.79 Å². The molecule has 0 saturated carbocycles. The Balaban J connectivity index is 1.61. The van der Waals surface area contributed by atoms with Crippen LogP contribution in [0.15, 0.2) is 77.5 Å². The first kappa shape index (κ1) is 18.9. The minimum atomic E-state index is -0.255. The van der Waals surface area contributed by atoms with Crippen molar-refractivity contribution in [2.24, 2.45) is 5.16 Å². The first-order chi connectivity index (χ1) is 13.3. The number of rotatable bonds is 7. The quantitative estimate of drug-likeness (QED) is 0.327. The lowest BCUT2D eigenvalue weighted by Crippen LogP contribution is -2.34. The maximum atomic E-state index is 11.7. The van der Waals surface area contributed by atoms with Crippen LogP contribution in [0.2, 0.25) is 0 Å². The summed E-state index contributed by atoms with van der Waals surface area (Å²) in [5.74, 6) is -0.255. The van der Waals surface area contributed by atoms with E-state index in [1.807, 2.05) is 66.7 Å². The van der Waals surface area contributed by atoms with E-state index in [0.717, 1.165) is 29.8 Å². The zero-order valence-electron chi connectivity index (χ0n) is 15.5. The van der Waals surface area contributed by atoms with E-state index in [-0.39, 0.29) is 5.97 Å². The van der Waals surface area contributed by atoms with Crippen molar-refractivity contribution in [1.82, 2.24) is 4.90 Å². The van der Waals surface area contributed by atoms with Crippen LogP contribution in [0.5, 0.6) is 0 Å². The third-order valence-electron chi connectivity index (χ3n) is 4.43. The molecule has 1 aliphatic heterocycles. The summed E-state index contributed by atoms with van der Waals surface area (Å²) in [5, 5.41) is 4.40. The Bertz CT molecular complexity index is 759. The Hall–Kier alpha value is -2.92. The summed E-state index contributed by atoms with van der Waals surface area (Å²) in [5.41, 5.74) is 3.54. The van der Waals surface area contributed by atoms with E-state index in [9.17, 15) is 4.79 Å². The molecule has 5 heteroatoms. The average Bonchev–Trinajstić information content (AvgIpc) is 2.74.